The van der Waals surface area contributed by atoms with E-state index < -0.39 is 18.0 Å². The molecule has 1 fully saturated rings. The molecule has 27 heavy (non-hydrogen) atoms. The zero-order valence-corrected chi connectivity index (χ0v) is 18.4. The molecule has 3 unspecified atom stereocenters. The number of aliphatic hydroxyl groups is 1. The van der Waals surface area contributed by atoms with Gasteiger partial charge < -0.3 is 35.0 Å². The molecule has 1 saturated heterocycles. The first-order valence-electron chi connectivity index (χ1n) is 8.35. The van der Waals surface area contributed by atoms with E-state index in [0.717, 1.165) is 4.91 Å². The van der Waals surface area contributed by atoms with Gasteiger partial charge in [0.25, 0.3) is 11.9 Å². The Morgan fingerprint density at radius 3 is 2.81 bits per heavy atom. The number of aromatic nitrogens is 1. The van der Waals surface area contributed by atoms with Gasteiger partial charge in [0.2, 0.25) is 0 Å². The molecule has 3 N–H and O–H groups in total. The first-order valence-corrected chi connectivity index (χ1v) is 9.34. The summed E-state index contributed by atoms with van der Waals surface area (Å²) in [6, 6.07) is 0.260. The molecule has 3 rings (SSSR count). The molecule has 2 aliphatic heterocycles. The number of hydrogen-bond donors (Lipinski definition) is 2. The quantitative estimate of drug-likeness (QED) is 0.332. The van der Waals surface area contributed by atoms with Crippen molar-refractivity contribution in [1.82, 2.24) is 9.88 Å². The van der Waals surface area contributed by atoms with Crippen LogP contribution >= 0.6 is 11.8 Å². The van der Waals surface area contributed by atoms with Gasteiger partial charge >= 0.3 is 29.6 Å². The minimum absolute atomic E-state index is 0. The topological polar surface area (TPSA) is 136 Å². The second kappa shape index (κ2) is 8.87. The molecule has 11 heteroatoms. The number of rotatable bonds is 8. The van der Waals surface area contributed by atoms with Crippen molar-refractivity contribution in [2.24, 2.45) is 11.7 Å². The summed E-state index contributed by atoms with van der Waals surface area (Å²) in [5.74, 6) is -1.40. The van der Waals surface area contributed by atoms with E-state index in [1.54, 1.807) is 16.7 Å². The molecule has 0 radical (unpaired) electrons. The van der Waals surface area contributed by atoms with Crippen LogP contribution in [0.1, 0.15) is 30.8 Å². The number of fused-ring (bicyclic) bond motifs is 1. The Kier molecular flexibility index (Phi) is 7.26. The third-order valence-corrected chi connectivity index (χ3v) is 6.00. The summed E-state index contributed by atoms with van der Waals surface area (Å²) in [5.41, 5.74) is 5.43. The molecule has 3 atom stereocenters. The van der Waals surface area contributed by atoms with Gasteiger partial charge in [-0.1, -0.05) is 0 Å². The van der Waals surface area contributed by atoms with Crippen molar-refractivity contribution < 1.29 is 53.8 Å². The molecule has 0 saturated carbocycles. The van der Waals surface area contributed by atoms with Gasteiger partial charge in [0.1, 0.15) is 6.26 Å². The fourth-order valence-corrected chi connectivity index (χ4v) is 4.57. The van der Waals surface area contributed by atoms with Gasteiger partial charge in [-0.2, -0.15) is 4.98 Å². The molecule has 142 valence electrons. The minimum Gasteiger partial charge on any atom is -0.543 e. The van der Waals surface area contributed by atoms with Crippen LogP contribution in [0.3, 0.4) is 0 Å². The summed E-state index contributed by atoms with van der Waals surface area (Å²) in [5, 5.41) is 21.4. The standard InChI is InChI=1S/C16H22N4O5S.Na/c1-3-19(16-18-10(6-25-16)14(17)22)7-26-12-4-11-9(8(2)21)5-20(11)13(12)15(23)24;/h6,8-9,11,21H,3-5,7H2,1-2H3,(H2,17,22)(H,23,24);/q;+1/p-1. The summed E-state index contributed by atoms with van der Waals surface area (Å²) >= 11 is 1.37. The molecular weight excluding hydrogens is 383 g/mol. The van der Waals surface area contributed by atoms with E-state index in [9.17, 15) is 19.8 Å². The van der Waals surface area contributed by atoms with E-state index in [4.69, 9.17) is 10.2 Å². The van der Waals surface area contributed by atoms with Crippen molar-refractivity contribution in [2.75, 3.05) is 23.9 Å². The zero-order chi connectivity index (χ0) is 19.0. The van der Waals surface area contributed by atoms with Crippen LogP contribution in [0.4, 0.5) is 6.01 Å². The van der Waals surface area contributed by atoms with Gasteiger partial charge in [-0.05, 0) is 13.8 Å². The van der Waals surface area contributed by atoms with E-state index in [0.29, 0.717) is 25.4 Å². The summed E-state index contributed by atoms with van der Waals surface area (Å²) in [4.78, 5) is 31.0. The number of anilines is 1. The zero-order valence-electron chi connectivity index (χ0n) is 15.5. The van der Waals surface area contributed by atoms with E-state index in [1.807, 2.05) is 6.92 Å². The van der Waals surface area contributed by atoms with Crippen LogP contribution in [0.2, 0.25) is 0 Å². The molecule has 0 aromatic carbocycles. The number of nitrogens with two attached hydrogens (primary N) is 1. The number of aliphatic hydroxyl groups excluding tert-OH is 1. The van der Waals surface area contributed by atoms with Crippen molar-refractivity contribution in [3.05, 3.63) is 22.6 Å². The Bertz CT molecular complexity index is 753. The average molecular weight is 404 g/mol. The fraction of sp³-hybridized carbons (Fsp3) is 0.562. The van der Waals surface area contributed by atoms with Crippen molar-refractivity contribution in [3.63, 3.8) is 0 Å². The maximum atomic E-state index is 11.6. The molecule has 2 aliphatic rings. The second-order valence-electron chi connectivity index (χ2n) is 6.40. The van der Waals surface area contributed by atoms with E-state index in [-0.39, 0.29) is 58.9 Å². The number of aliphatic carboxylic acids is 1. The van der Waals surface area contributed by atoms with Gasteiger partial charge in [-0.3, -0.25) is 4.79 Å². The molecule has 0 spiro atoms. The van der Waals surface area contributed by atoms with E-state index >= 15 is 0 Å². The average Bonchev–Trinajstić information content (AvgIpc) is 3.13. The maximum absolute atomic E-state index is 11.6. The SMILES string of the molecule is CCN(CSC1=C(C(=O)[O-])N2CC(C(C)O)C2C1)c1nc(C(N)=O)co1.[Na+]. The van der Waals surface area contributed by atoms with Crippen molar-refractivity contribution in [2.45, 2.75) is 32.4 Å². The van der Waals surface area contributed by atoms with Crippen LogP contribution in [0.15, 0.2) is 21.3 Å². The minimum atomic E-state index is -1.20. The Morgan fingerprint density at radius 2 is 2.30 bits per heavy atom. The molecule has 0 bridgehead atoms. The summed E-state index contributed by atoms with van der Waals surface area (Å²) in [6.07, 6.45) is 1.29. The normalized spacial score (nSPS) is 22.0. The molecule has 1 aromatic heterocycles. The van der Waals surface area contributed by atoms with E-state index in [2.05, 4.69) is 4.98 Å². The molecule has 3 heterocycles. The smallest absolute Gasteiger partial charge is 0.543 e. The Morgan fingerprint density at radius 1 is 1.59 bits per heavy atom. The van der Waals surface area contributed by atoms with Gasteiger partial charge in [0, 0.05) is 36.4 Å². The molecule has 1 amide bonds. The van der Waals surface area contributed by atoms with Gasteiger partial charge in [0.05, 0.1) is 23.6 Å². The predicted octanol–water partition coefficient (Wildman–Crippen LogP) is -3.66. The van der Waals surface area contributed by atoms with Gasteiger partial charge in [0.15, 0.2) is 5.69 Å². The fourth-order valence-electron chi connectivity index (χ4n) is 3.34. The Hall–Kier alpha value is -1.20. The number of hydrogen-bond acceptors (Lipinski definition) is 9. The van der Waals surface area contributed by atoms with Gasteiger partial charge in [-0.25, -0.2) is 0 Å². The van der Waals surface area contributed by atoms with Crippen LogP contribution in [0.25, 0.3) is 0 Å². The predicted molar refractivity (Wildman–Crippen MR) is 92.8 cm³/mol. The van der Waals surface area contributed by atoms with Crippen LogP contribution in [0, 0.1) is 5.92 Å². The second-order valence-corrected chi connectivity index (χ2v) is 7.44. The number of thioether (sulfide) groups is 1. The third-order valence-electron chi connectivity index (χ3n) is 4.85. The molecule has 9 nitrogen and oxygen atoms in total. The first-order chi connectivity index (χ1) is 12.3. The van der Waals surface area contributed by atoms with Crippen molar-refractivity contribution in [3.8, 4) is 0 Å². The van der Waals surface area contributed by atoms with Crippen molar-refractivity contribution >= 4 is 29.7 Å². The molecule has 0 aliphatic carbocycles. The Labute approximate surface area is 183 Å². The monoisotopic (exact) mass is 404 g/mol. The van der Waals surface area contributed by atoms with Crippen LogP contribution < -0.4 is 45.3 Å². The summed E-state index contributed by atoms with van der Waals surface area (Å²) in [7, 11) is 0. The molecule has 1 aromatic rings. The number of carbonyl (C=O) groups excluding carboxylic acids is 2. The van der Waals surface area contributed by atoms with Crippen LogP contribution in [-0.4, -0.2) is 58.0 Å². The van der Waals surface area contributed by atoms with Crippen LogP contribution in [-0.2, 0) is 4.79 Å². The number of primary amides is 1. The third kappa shape index (κ3) is 4.29. The van der Waals surface area contributed by atoms with E-state index in [1.165, 1.54) is 18.0 Å². The van der Waals surface area contributed by atoms with Crippen LogP contribution in [0.5, 0.6) is 0 Å². The van der Waals surface area contributed by atoms with Gasteiger partial charge in [-0.15, -0.1) is 11.8 Å². The Balaban J connectivity index is 0.00000261. The number of oxazole rings is 1. The largest absolute Gasteiger partial charge is 1.00 e. The molecular formula is C16H21N4NaO5S. The first kappa shape index (κ1) is 22.1. The maximum Gasteiger partial charge on any atom is 1.00 e. The number of carbonyl (C=O) groups is 2. The number of amides is 1. The number of nitrogens with zero attached hydrogens (tertiary/aromatic N) is 3. The number of carboxylic acid groups (broad SMARTS) is 1. The summed E-state index contributed by atoms with van der Waals surface area (Å²) in [6.45, 7) is 4.70. The number of carboxylic acids is 1. The summed E-state index contributed by atoms with van der Waals surface area (Å²) < 4.78 is 5.28. The van der Waals surface area contributed by atoms with Crippen molar-refractivity contribution in [1.29, 1.82) is 0 Å².